The first-order chi connectivity index (χ1) is 3.86. The highest BCUT2D eigenvalue weighted by Crippen LogP contribution is 2.40. The molecule has 0 aromatic carbocycles. The molecule has 0 aromatic heterocycles. The van der Waals surface area contributed by atoms with E-state index in [1.165, 1.54) is 6.42 Å². The maximum Gasteiger partial charge on any atom is 0.136 e. The van der Waals surface area contributed by atoms with E-state index in [9.17, 15) is 4.79 Å². The molecule has 2 saturated carbocycles. The van der Waals surface area contributed by atoms with Gasteiger partial charge in [-0.05, 0) is 25.2 Å². The van der Waals surface area contributed by atoms with Crippen LogP contribution in [0.15, 0.2) is 0 Å². The number of fused-ring (bicyclic) bond motifs is 2. The molecule has 2 unspecified atom stereocenters. The molecule has 0 saturated heterocycles. The van der Waals surface area contributed by atoms with E-state index in [2.05, 4.69) is 6.42 Å². The summed E-state index contributed by atoms with van der Waals surface area (Å²) in [4.78, 5) is 10.8. The number of hydrogen-bond acceptors (Lipinski definition) is 1. The van der Waals surface area contributed by atoms with Crippen LogP contribution < -0.4 is 0 Å². The Bertz CT molecular complexity index is 128. The van der Waals surface area contributed by atoms with Gasteiger partial charge in [-0.2, -0.15) is 0 Å². The molecule has 0 aliphatic heterocycles. The lowest BCUT2D eigenvalue weighted by Crippen LogP contribution is -2.07. The Balaban J connectivity index is 2.22. The summed E-state index contributed by atoms with van der Waals surface area (Å²) < 4.78 is 0. The van der Waals surface area contributed by atoms with Crippen molar-refractivity contribution in [1.82, 2.24) is 0 Å². The van der Waals surface area contributed by atoms with Crippen molar-refractivity contribution in [2.24, 2.45) is 11.8 Å². The zero-order valence-corrected chi connectivity index (χ0v) is 4.76. The smallest absolute Gasteiger partial charge is 0.136 e. The van der Waals surface area contributed by atoms with Crippen LogP contribution in [0.5, 0.6) is 0 Å². The standard InChI is InChI=1S/C7H9O/c8-7-4-5-1-2-6(7)3-5/h1,5-6H,2-4H2. The summed E-state index contributed by atoms with van der Waals surface area (Å²) in [5.74, 6) is 1.63. The highest BCUT2D eigenvalue weighted by atomic mass is 16.1. The maximum atomic E-state index is 10.8. The topological polar surface area (TPSA) is 17.1 Å². The Labute approximate surface area is 49.1 Å². The van der Waals surface area contributed by atoms with Crippen molar-refractivity contribution in [2.75, 3.05) is 0 Å². The molecule has 8 heavy (non-hydrogen) atoms. The summed E-state index contributed by atoms with van der Waals surface area (Å²) in [6.07, 6.45) is 5.39. The third-order valence-corrected chi connectivity index (χ3v) is 2.26. The fraction of sp³-hybridized carbons (Fsp3) is 0.714. The van der Waals surface area contributed by atoms with Crippen LogP contribution in [0.1, 0.15) is 19.3 Å². The van der Waals surface area contributed by atoms with Crippen LogP contribution in [0.2, 0.25) is 0 Å². The second kappa shape index (κ2) is 1.34. The largest absolute Gasteiger partial charge is 0.299 e. The van der Waals surface area contributed by atoms with Gasteiger partial charge in [0.15, 0.2) is 0 Å². The highest BCUT2D eigenvalue weighted by Gasteiger charge is 2.38. The molecule has 2 fully saturated rings. The van der Waals surface area contributed by atoms with Crippen LogP contribution in [0.4, 0.5) is 0 Å². The number of hydrogen-bond donors (Lipinski definition) is 0. The molecule has 1 radical (unpaired) electrons. The van der Waals surface area contributed by atoms with Gasteiger partial charge in [0.05, 0.1) is 0 Å². The minimum Gasteiger partial charge on any atom is -0.299 e. The SMILES string of the molecule is O=C1CC2[CH]CC1C2. The number of rotatable bonds is 0. The monoisotopic (exact) mass is 109 g/mol. The van der Waals surface area contributed by atoms with Gasteiger partial charge < -0.3 is 0 Å². The molecule has 1 nitrogen and oxygen atoms in total. The highest BCUT2D eigenvalue weighted by molar-refractivity contribution is 5.84. The lowest BCUT2D eigenvalue weighted by molar-refractivity contribution is -0.121. The first-order valence-electron chi connectivity index (χ1n) is 3.22. The average molecular weight is 109 g/mol. The molecule has 2 aliphatic rings. The van der Waals surface area contributed by atoms with Crippen molar-refractivity contribution in [1.29, 1.82) is 0 Å². The van der Waals surface area contributed by atoms with Gasteiger partial charge in [0.25, 0.3) is 0 Å². The minimum absolute atomic E-state index is 0.444. The molecule has 43 valence electrons. The van der Waals surface area contributed by atoms with Crippen molar-refractivity contribution in [3.05, 3.63) is 6.42 Å². The van der Waals surface area contributed by atoms with Gasteiger partial charge in [0.1, 0.15) is 5.78 Å². The van der Waals surface area contributed by atoms with Crippen molar-refractivity contribution in [2.45, 2.75) is 19.3 Å². The molecule has 0 spiro atoms. The second-order valence-corrected chi connectivity index (χ2v) is 2.83. The molecule has 2 bridgehead atoms. The van der Waals surface area contributed by atoms with Gasteiger partial charge in [-0.3, -0.25) is 4.79 Å². The van der Waals surface area contributed by atoms with Gasteiger partial charge in [-0.1, -0.05) is 0 Å². The minimum atomic E-state index is 0.444. The Morgan fingerprint density at radius 2 is 2.50 bits per heavy atom. The Morgan fingerprint density at radius 1 is 1.62 bits per heavy atom. The first kappa shape index (κ1) is 4.54. The molecule has 0 aromatic rings. The number of ketones is 1. The molecule has 0 heterocycles. The maximum absolute atomic E-state index is 10.8. The molecule has 2 atom stereocenters. The van der Waals surface area contributed by atoms with E-state index < -0.39 is 0 Å². The van der Waals surface area contributed by atoms with Crippen LogP contribution >= 0.6 is 0 Å². The van der Waals surface area contributed by atoms with Gasteiger partial charge >= 0.3 is 0 Å². The molecular weight excluding hydrogens is 100 g/mol. The predicted molar refractivity (Wildman–Crippen MR) is 30.1 cm³/mol. The van der Waals surface area contributed by atoms with E-state index in [1.54, 1.807) is 0 Å². The summed E-state index contributed by atoms with van der Waals surface area (Å²) in [6.45, 7) is 0. The van der Waals surface area contributed by atoms with Crippen LogP contribution in [-0.2, 0) is 4.79 Å². The Morgan fingerprint density at radius 3 is 2.75 bits per heavy atom. The van der Waals surface area contributed by atoms with Crippen molar-refractivity contribution < 1.29 is 4.79 Å². The van der Waals surface area contributed by atoms with Crippen LogP contribution in [0.3, 0.4) is 0 Å². The zero-order valence-electron chi connectivity index (χ0n) is 4.76. The van der Waals surface area contributed by atoms with Crippen LogP contribution in [-0.4, -0.2) is 5.78 Å². The third-order valence-electron chi connectivity index (χ3n) is 2.26. The predicted octanol–water partition coefficient (Wildman–Crippen LogP) is 1.19. The summed E-state index contributed by atoms with van der Waals surface area (Å²) in [6, 6.07) is 0. The Kier molecular flexibility index (Phi) is 0.758. The lowest BCUT2D eigenvalue weighted by Gasteiger charge is -2.04. The van der Waals surface area contributed by atoms with Gasteiger partial charge in [-0.25, -0.2) is 0 Å². The molecule has 2 rings (SSSR count). The summed E-state index contributed by atoms with van der Waals surface area (Å²) >= 11 is 0. The lowest BCUT2D eigenvalue weighted by atomic mass is 10.00. The summed E-state index contributed by atoms with van der Waals surface area (Å²) in [7, 11) is 0. The van der Waals surface area contributed by atoms with Crippen LogP contribution in [0, 0.1) is 18.3 Å². The zero-order chi connectivity index (χ0) is 5.56. The van der Waals surface area contributed by atoms with E-state index in [0.717, 1.165) is 12.8 Å². The normalized spacial score (nSPS) is 43.8. The molecular formula is C7H9O. The molecule has 0 N–H and O–H groups in total. The van der Waals surface area contributed by atoms with Gasteiger partial charge in [0.2, 0.25) is 0 Å². The van der Waals surface area contributed by atoms with Gasteiger partial charge in [0, 0.05) is 12.3 Å². The fourth-order valence-corrected chi connectivity index (χ4v) is 1.77. The quantitative estimate of drug-likeness (QED) is 0.456. The molecule has 0 amide bonds. The summed E-state index contributed by atoms with van der Waals surface area (Å²) in [5.41, 5.74) is 0. The molecule has 2 aliphatic carbocycles. The van der Waals surface area contributed by atoms with Crippen molar-refractivity contribution in [3.8, 4) is 0 Å². The van der Waals surface area contributed by atoms with Gasteiger partial charge in [-0.15, -0.1) is 0 Å². The van der Waals surface area contributed by atoms with E-state index in [0.29, 0.717) is 17.6 Å². The number of carbonyl (C=O) groups is 1. The number of Topliss-reactive ketones (excluding diaryl/α,β-unsaturated/α-hetero) is 1. The van der Waals surface area contributed by atoms with E-state index in [-0.39, 0.29) is 0 Å². The van der Waals surface area contributed by atoms with Crippen molar-refractivity contribution in [3.63, 3.8) is 0 Å². The third kappa shape index (κ3) is 0.445. The molecule has 1 heteroatoms. The first-order valence-corrected chi connectivity index (χ1v) is 3.22. The van der Waals surface area contributed by atoms with E-state index >= 15 is 0 Å². The number of carbonyl (C=O) groups excluding carboxylic acids is 1. The summed E-state index contributed by atoms with van der Waals surface area (Å²) in [5, 5.41) is 0. The fourth-order valence-electron chi connectivity index (χ4n) is 1.77. The van der Waals surface area contributed by atoms with E-state index in [1.807, 2.05) is 0 Å². The average Bonchev–Trinajstić information content (AvgIpc) is 2.23. The Hall–Kier alpha value is -0.330. The van der Waals surface area contributed by atoms with E-state index in [4.69, 9.17) is 0 Å². The van der Waals surface area contributed by atoms with Crippen molar-refractivity contribution >= 4 is 5.78 Å². The second-order valence-electron chi connectivity index (χ2n) is 2.83. The van der Waals surface area contributed by atoms with Crippen LogP contribution in [0.25, 0.3) is 0 Å².